The summed E-state index contributed by atoms with van der Waals surface area (Å²) in [5.41, 5.74) is 0.906. The summed E-state index contributed by atoms with van der Waals surface area (Å²) in [7, 11) is 0. The van der Waals surface area contributed by atoms with Gasteiger partial charge in [0.2, 0.25) is 0 Å². The van der Waals surface area contributed by atoms with Crippen molar-refractivity contribution in [3.05, 3.63) is 36.3 Å². The summed E-state index contributed by atoms with van der Waals surface area (Å²) in [5.74, 6) is 2.40. The Balaban J connectivity index is 2.38. The summed E-state index contributed by atoms with van der Waals surface area (Å²) in [6.45, 7) is 3.88. The minimum Gasteiger partial charge on any atom is -0.288 e. The standard InChI is InChI=1S/C10H10N6/c1-7-5-9(15-4-3-11-8(15)2)16-10(14-7)12-6-13-16/h3-6H,1-2H3. The van der Waals surface area contributed by atoms with Crippen LogP contribution in [0.3, 0.4) is 0 Å². The maximum atomic E-state index is 4.29. The molecular formula is C10H10N6. The van der Waals surface area contributed by atoms with Crippen LogP contribution in [0.25, 0.3) is 11.6 Å². The lowest BCUT2D eigenvalue weighted by Gasteiger charge is -2.07. The maximum Gasteiger partial charge on any atom is 0.254 e. The van der Waals surface area contributed by atoms with Gasteiger partial charge in [-0.3, -0.25) is 4.57 Å². The number of hydrogen-bond donors (Lipinski definition) is 0. The van der Waals surface area contributed by atoms with E-state index in [0.717, 1.165) is 17.3 Å². The first-order valence-electron chi connectivity index (χ1n) is 4.93. The van der Waals surface area contributed by atoms with Crippen molar-refractivity contribution in [2.75, 3.05) is 0 Å². The second-order valence-corrected chi connectivity index (χ2v) is 3.57. The van der Waals surface area contributed by atoms with Crippen LogP contribution in [0, 0.1) is 13.8 Å². The largest absolute Gasteiger partial charge is 0.288 e. The van der Waals surface area contributed by atoms with Crippen molar-refractivity contribution in [2.45, 2.75) is 13.8 Å². The average Bonchev–Trinajstić information content (AvgIpc) is 2.84. The molecule has 6 nitrogen and oxygen atoms in total. The van der Waals surface area contributed by atoms with Crippen LogP contribution in [0.5, 0.6) is 0 Å². The first-order valence-corrected chi connectivity index (χ1v) is 4.93. The van der Waals surface area contributed by atoms with E-state index >= 15 is 0 Å². The molecule has 0 aliphatic carbocycles. The average molecular weight is 214 g/mol. The van der Waals surface area contributed by atoms with Crippen LogP contribution in [0.1, 0.15) is 11.5 Å². The van der Waals surface area contributed by atoms with Crippen LogP contribution >= 0.6 is 0 Å². The highest BCUT2D eigenvalue weighted by Gasteiger charge is 2.08. The van der Waals surface area contributed by atoms with Crippen LogP contribution < -0.4 is 0 Å². The molecule has 3 aromatic rings. The summed E-state index contributed by atoms with van der Waals surface area (Å²) in [4.78, 5) is 12.6. The highest BCUT2D eigenvalue weighted by Crippen LogP contribution is 2.11. The third kappa shape index (κ3) is 1.19. The molecule has 6 heteroatoms. The van der Waals surface area contributed by atoms with Gasteiger partial charge in [0.25, 0.3) is 5.78 Å². The molecule has 3 aromatic heterocycles. The van der Waals surface area contributed by atoms with E-state index in [2.05, 4.69) is 20.1 Å². The number of hydrogen-bond acceptors (Lipinski definition) is 4. The molecule has 80 valence electrons. The van der Waals surface area contributed by atoms with E-state index in [-0.39, 0.29) is 0 Å². The van der Waals surface area contributed by atoms with E-state index in [4.69, 9.17) is 0 Å². The molecule has 16 heavy (non-hydrogen) atoms. The van der Waals surface area contributed by atoms with Gasteiger partial charge < -0.3 is 0 Å². The molecular weight excluding hydrogens is 204 g/mol. The molecule has 3 heterocycles. The van der Waals surface area contributed by atoms with Gasteiger partial charge in [-0.25, -0.2) is 9.97 Å². The number of nitrogens with zero attached hydrogens (tertiary/aromatic N) is 6. The molecule has 0 radical (unpaired) electrons. The molecule has 0 saturated heterocycles. The van der Waals surface area contributed by atoms with E-state index in [1.165, 1.54) is 6.33 Å². The number of rotatable bonds is 1. The van der Waals surface area contributed by atoms with Gasteiger partial charge >= 0.3 is 0 Å². The van der Waals surface area contributed by atoms with E-state index in [1.54, 1.807) is 10.7 Å². The van der Waals surface area contributed by atoms with Gasteiger partial charge in [-0.05, 0) is 13.8 Å². The normalized spacial score (nSPS) is 11.1. The number of aromatic nitrogens is 6. The minimum absolute atomic E-state index is 0.600. The Morgan fingerprint density at radius 3 is 2.81 bits per heavy atom. The number of aryl methyl sites for hydroxylation is 2. The van der Waals surface area contributed by atoms with Gasteiger partial charge in [-0.1, -0.05) is 0 Å². The predicted octanol–water partition coefficient (Wildman–Crippen LogP) is 0.927. The highest BCUT2D eigenvalue weighted by atomic mass is 15.4. The van der Waals surface area contributed by atoms with Gasteiger partial charge in [-0.2, -0.15) is 14.6 Å². The van der Waals surface area contributed by atoms with Crippen LogP contribution in [-0.2, 0) is 0 Å². The van der Waals surface area contributed by atoms with Gasteiger partial charge in [0.15, 0.2) is 0 Å². The monoisotopic (exact) mass is 214 g/mol. The van der Waals surface area contributed by atoms with Gasteiger partial charge in [0, 0.05) is 24.2 Å². The molecule has 0 aromatic carbocycles. The van der Waals surface area contributed by atoms with Gasteiger partial charge in [-0.15, -0.1) is 0 Å². The summed E-state index contributed by atoms with van der Waals surface area (Å²) in [5, 5.41) is 4.15. The Hall–Kier alpha value is -2.24. The fourth-order valence-corrected chi connectivity index (χ4v) is 1.70. The summed E-state index contributed by atoms with van der Waals surface area (Å²) in [6, 6.07) is 1.95. The number of imidazole rings is 1. The Morgan fingerprint density at radius 1 is 1.19 bits per heavy atom. The van der Waals surface area contributed by atoms with E-state index < -0.39 is 0 Å². The lowest BCUT2D eigenvalue weighted by molar-refractivity contribution is 0.826. The third-order valence-corrected chi connectivity index (χ3v) is 2.43. The van der Waals surface area contributed by atoms with E-state index in [1.807, 2.05) is 30.7 Å². The van der Waals surface area contributed by atoms with Crippen LogP contribution in [0.4, 0.5) is 0 Å². The predicted molar refractivity (Wildman–Crippen MR) is 57.4 cm³/mol. The molecule has 0 N–H and O–H groups in total. The van der Waals surface area contributed by atoms with E-state index in [9.17, 15) is 0 Å². The Kier molecular flexibility index (Phi) is 1.76. The third-order valence-electron chi connectivity index (χ3n) is 2.43. The van der Waals surface area contributed by atoms with Crippen molar-refractivity contribution in [1.29, 1.82) is 0 Å². The van der Waals surface area contributed by atoms with Crippen LogP contribution in [-0.4, -0.2) is 29.1 Å². The fraction of sp³-hybridized carbons (Fsp3) is 0.200. The van der Waals surface area contributed by atoms with Crippen molar-refractivity contribution in [1.82, 2.24) is 29.1 Å². The number of fused-ring (bicyclic) bond motifs is 1. The second kappa shape index (κ2) is 3.13. The van der Waals surface area contributed by atoms with Crippen LogP contribution in [0.2, 0.25) is 0 Å². The zero-order valence-electron chi connectivity index (χ0n) is 8.99. The van der Waals surface area contributed by atoms with Crippen molar-refractivity contribution < 1.29 is 0 Å². The quantitative estimate of drug-likeness (QED) is 0.604. The molecule has 0 saturated carbocycles. The smallest absolute Gasteiger partial charge is 0.254 e. The highest BCUT2D eigenvalue weighted by molar-refractivity contribution is 5.38. The summed E-state index contributed by atoms with van der Waals surface area (Å²) >= 11 is 0. The molecule has 0 amide bonds. The summed E-state index contributed by atoms with van der Waals surface area (Å²) in [6.07, 6.45) is 5.15. The second-order valence-electron chi connectivity index (χ2n) is 3.57. The first kappa shape index (κ1) is 9.02. The molecule has 0 fully saturated rings. The molecule has 0 bridgehead atoms. The first-order chi connectivity index (χ1) is 7.75. The topological polar surface area (TPSA) is 60.9 Å². The minimum atomic E-state index is 0.600. The Morgan fingerprint density at radius 2 is 2.06 bits per heavy atom. The van der Waals surface area contributed by atoms with E-state index in [0.29, 0.717) is 5.78 Å². The molecule has 3 rings (SSSR count). The maximum absolute atomic E-state index is 4.29. The van der Waals surface area contributed by atoms with Crippen molar-refractivity contribution in [3.63, 3.8) is 0 Å². The van der Waals surface area contributed by atoms with Gasteiger partial charge in [0.1, 0.15) is 18.0 Å². The van der Waals surface area contributed by atoms with Gasteiger partial charge in [0.05, 0.1) is 0 Å². The molecule has 0 aliphatic rings. The fourth-order valence-electron chi connectivity index (χ4n) is 1.70. The Labute approximate surface area is 91.6 Å². The van der Waals surface area contributed by atoms with Crippen molar-refractivity contribution >= 4 is 5.78 Å². The zero-order valence-corrected chi connectivity index (χ0v) is 8.99. The van der Waals surface area contributed by atoms with Crippen LogP contribution in [0.15, 0.2) is 24.8 Å². The molecule has 0 atom stereocenters. The molecule has 0 aliphatic heterocycles. The lowest BCUT2D eigenvalue weighted by Crippen LogP contribution is -2.06. The van der Waals surface area contributed by atoms with Crippen molar-refractivity contribution in [2.24, 2.45) is 0 Å². The zero-order chi connectivity index (χ0) is 11.1. The lowest BCUT2D eigenvalue weighted by atomic mass is 10.4. The molecule has 0 unspecified atom stereocenters. The van der Waals surface area contributed by atoms with Crippen molar-refractivity contribution in [3.8, 4) is 5.82 Å². The molecule has 0 spiro atoms. The SMILES string of the molecule is Cc1cc(-n2ccnc2C)n2ncnc2n1. The summed E-state index contributed by atoms with van der Waals surface area (Å²) < 4.78 is 3.65. The Bertz CT molecular complexity index is 650.